The van der Waals surface area contributed by atoms with Crippen molar-refractivity contribution < 1.29 is 28.9 Å². The fourth-order valence-electron chi connectivity index (χ4n) is 2.49. The third-order valence-electron chi connectivity index (χ3n) is 3.81. The van der Waals surface area contributed by atoms with Gasteiger partial charge in [0.25, 0.3) is 0 Å². The molecule has 1 unspecified atom stereocenters. The van der Waals surface area contributed by atoms with Crippen LogP contribution in [0.4, 0.5) is 0 Å². The fraction of sp³-hybridized carbons (Fsp3) is 0.412. The molecule has 0 fully saturated rings. The second kappa shape index (κ2) is 7.35. The summed E-state index contributed by atoms with van der Waals surface area (Å²) in [7, 11) is 3.10. The minimum Gasteiger partial charge on any atom is -0.493 e. The summed E-state index contributed by atoms with van der Waals surface area (Å²) in [5.74, 6) is -0.468. The second-order valence-electron chi connectivity index (χ2n) is 5.21. The highest BCUT2D eigenvalue weighted by atomic mass is 16.6. The number of carbonyl (C=O) groups excluding carboxylic acids is 2. The molecule has 130 valence electrons. The highest BCUT2D eigenvalue weighted by molar-refractivity contribution is 6.13. The molecule has 1 atom stereocenters. The van der Waals surface area contributed by atoms with Gasteiger partial charge in [0.15, 0.2) is 11.5 Å². The zero-order valence-electron chi connectivity index (χ0n) is 13.9. The molecule has 24 heavy (non-hydrogen) atoms. The Balaban J connectivity index is 2.12. The van der Waals surface area contributed by atoms with Crippen LogP contribution in [0, 0.1) is 0 Å². The Morgan fingerprint density at radius 3 is 2.58 bits per heavy atom. The van der Waals surface area contributed by atoms with Crippen molar-refractivity contribution in [3.8, 4) is 11.5 Å². The average Bonchev–Trinajstić information content (AvgIpc) is 2.89. The molecule has 0 aliphatic carbocycles. The summed E-state index contributed by atoms with van der Waals surface area (Å²) in [6.45, 7) is 1.95. The lowest BCUT2D eigenvalue weighted by atomic mass is 10.1. The Hall–Kier alpha value is -2.54. The molecule has 1 N–H and O–H groups in total. The van der Waals surface area contributed by atoms with Gasteiger partial charge >= 0.3 is 11.7 Å². The van der Waals surface area contributed by atoms with Crippen LogP contribution in [0.1, 0.15) is 12.5 Å². The van der Waals surface area contributed by atoms with E-state index in [-0.39, 0.29) is 13.2 Å². The van der Waals surface area contributed by atoms with E-state index >= 15 is 0 Å². The Morgan fingerprint density at radius 1 is 1.25 bits per heavy atom. The number of aliphatic hydroxyl groups is 1. The summed E-state index contributed by atoms with van der Waals surface area (Å²) in [6, 6.07) is 5.44. The molecular formula is C17H21NO6. The van der Waals surface area contributed by atoms with Crippen LogP contribution in [0.15, 0.2) is 30.5 Å². The quantitative estimate of drug-likeness (QED) is 0.585. The first-order valence-electron chi connectivity index (χ1n) is 7.57. The number of hydrogen-bond donors (Lipinski definition) is 1. The van der Waals surface area contributed by atoms with Crippen LogP contribution in [0.5, 0.6) is 11.5 Å². The Bertz CT molecular complexity index is 656. The number of rotatable bonds is 7. The third-order valence-corrected chi connectivity index (χ3v) is 3.81. The van der Waals surface area contributed by atoms with Gasteiger partial charge in [0.05, 0.1) is 20.8 Å². The van der Waals surface area contributed by atoms with Crippen molar-refractivity contribution in [2.24, 2.45) is 0 Å². The summed E-state index contributed by atoms with van der Waals surface area (Å²) in [5, 5.41) is 10.5. The number of methoxy groups -OCH3 is 2. The third kappa shape index (κ3) is 3.21. The highest BCUT2D eigenvalue weighted by Gasteiger charge is 2.51. The van der Waals surface area contributed by atoms with Crippen LogP contribution < -0.4 is 9.47 Å². The van der Waals surface area contributed by atoms with E-state index in [1.807, 2.05) is 12.1 Å². The average molecular weight is 335 g/mol. The summed E-state index contributed by atoms with van der Waals surface area (Å²) in [6.07, 6.45) is 3.06. The minimum absolute atomic E-state index is 0.0813. The first-order chi connectivity index (χ1) is 11.5. The maximum absolute atomic E-state index is 12.0. The lowest BCUT2D eigenvalue weighted by Gasteiger charge is -2.30. The maximum atomic E-state index is 12.0. The van der Waals surface area contributed by atoms with Gasteiger partial charge in [-0.1, -0.05) is 6.07 Å². The summed E-state index contributed by atoms with van der Waals surface area (Å²) < 4.78 is 15.2. The van der Waals surface area contributed by atoms with Crippen molar-refractivity contribution in [2.75, 3.05) is 27.4 Å². The molecule has 7 heteroatoms. The molecule has 0 radical (unpaired) electrons. The van der Waals surface area contributed by atoms with Gasteiger partial charge in [-0.2, -0.15) is 0 Å². The second-order valence-corrected chi connectivity index (χ2v) is 5.21. The van der Waals surface area contributed by atoms with E-state index in [1.165, 1.54) is 17.2 Å². The first-order valence-corrected chi connectivity index (χ1v) is 7.57. The Labute approximate surface area is 140 Å². The molecule has 0 bridgehead atoms. The van der Waals surface area contributed by atoms with Gasteiger partial charge in [-0.05, 0) is 31.0 Å². The maximum Gasteiger partial charge on any atom is 0.368 e. The van der Waals surface area contributed by atoms with Crippen LogP contribution in [0.2, 0.25) is 0 Å². The largest absolute Gasteiger partial charge is 0.493 e. The SMILES string of the molecule is CCOC(=O)C1(O)C(=O)C=CN1CCc1ccc(OC)c(OC)c1. The molecule has 2 rings (SSSR count). The van der Waals surface area contributed by atoms with E-state index in [4.69, 9.17) is 14.2 Å². The van der Waals surface area contributed by atoms with Crippen LogP contribution in [-0.2, 0) is 20.7 Å². The predicted molar refractivity (Wildman–Crippen MR) is 85.7 cm³/mol. The van der Waals surface area contributed by atoms with Gasteiger partial charge in [-0.15, -0.1) is 0 Å². The number of benzene rings is 1. The molecule has 7 nitrogen and oxygen atoms in total. The van der Waals surface area contributed by atoms with E-state index in [1.54, 1.807) is 27.2 Å². The standard InChI is InChI=1S/C17H21NO6/c1-4-24-16(20)17(21)15(19)8-10-18(17)9-7-12-5-6-13(22-2)14(11-12)23-3/h5-6,8,10-11,21H,4,7,9H2,1-3H3. The predicted octanol–water partition coefficient (Wildman–Crippen LogP) is 0.896. The first kappa shape index (κ1) is 17.8. The van der Waals surface area contributed by atoms with Crippen molar-refractivity contribution in [1.29, 1.82) is 0 Å². The monoisotopic (exact) mass is 335 g/mol. The summed E-state index contributed by atoms with van der Waals surface area (Å²) in [5.41, 5.74) is -1.38. The van der Waals surface area contributed by atoms with Crippen molar-refractivity contribution >= 4 is 11.8 Å². The molecular weight excluding hydrogens is 314 g/mol. The van der Waals surface area contributed by atoms with Gasteiger partial charge in [-0.3, -0.25) is 4.79 Å². The molecule has 0 saturated heterocycles. The number of hydrogen-bond acceptors (Lipinski definition) is 7. The van der Waals surface area contributed by atoms with Crippen molar-refractivity contribution in [3.63, 3.8) is 0 Å². The molecule has 1 heterocycles. The summed E-state index contributed by atoms with van der Waals surface area (Å²) in [4.78, 5) is 25.2. The number of ether oxygens (including phenoxy) is 3. The molecule has 0 saturated carbocycles. The summed E-state index contributed by atoms with van der Waals surface area (Å²) >= 11 is 0. The van der Waals surface area contributed by atoms with E-state index in [2.05, 4.69) is 0 Å². The smallest absolute Gasteiger partial charge is 0.368 e. The topological polar surface area (TPSA) is 85.3 Å². The Kier molecular flexibility index (Phi) is 5.46. The van der Waals surface area contributed by atoms with Gasteiger partial charge < -0.3 is 24.2 Å². The van der Waals surface area contributed by atoms with E-state index in [0.717, 1.165) is 5.56 Å². The van der Waals surface area contributed by atoms with E-state index < -0.39 is 17.5 Å². The highest BCUT2D eigenvalue weighted by Crippen LogP contribution is 2.29. The zero-order chi connectivity index (χ0) is 17.7. The van der Waals surface area contributed by atoms with Crippen LogP contribution in [0.25, 0.3) is 0 Å². The molecule has 0 amide bonds. The van der Waals surface area contributed by atoms with Crippen LogP contribution in [-0.4, -0.2) is 54.9 Å². The molecule has 1 aliphatic heterocycles. The molecule has 0 aromatic heterocycles. The van der Waals surface area contributed by atoms with E-state index in [0.29, 0.717) is 17.9 Å². The van der Waals surface area contributed by atoms with Gasteiger partial charge in [0.2, 0.25) is 5.78 Å². The fourth-order valence-corrected chi connectivity index (χ4v) is 2.49. The van der Waals surface area contributed by atoms with Gasteiger partial charge in [0.1, 0.15) is 0 Å². The van der Waals surface area contributed by atoms with Crippen LogP contribution >= 0.6 is 0 Å². The minimum atomic E-state index is -2.29. The number of ketones is 1. The van der Waals surface area contributed by atoms with Crippen LogP contribution in [0.3, 0.4) is 0 Å². The molecule has 0 spiro atoms. The van der Waals surface area contributed by atoms with Gasteiger partial charge in [-0.25, -0.2) is 4.79 Å². The normalized spacial score (nSPS) is 19.5. The number of carbonyl (C=O) groups is 2. The molecule has 1 aromatic rings. The molecule has 1 aliphatic rings. The van der Waals surface area contributed by atoms with Crippen molar-refractivity contribution in [1.82, 2.24) is 4.90 Å². The van der Waals surface area contributed by atoms with Crippen molar-refractivity contribution in [2.45, 2.75) is 19.1 Å². The molecule has 1 aromatic carbocycles. The number of nitrogens with zero attached hydrogens (tertiary/aromatic N) is 1. The zero-order valence-corrected chi connectivity index (χ0v) is 13.9. The lowest BCUT2D eigenvalue weighted by Crippen LogP contribution is -2.56. The van der Waals surface area contributed by atoms with E-state index in [9.17, 15) is 14.7 Å². The van der Waals surface area contributed by atoms with Gasteiger partial charge in [0, 0.05) is 18.8 Å². The Morgan fingerprint density at radius 2 is 1.96 bits per heavy atom. The van der Waals surface area contributed by atoms with Crippen molar-refractivity contribution in [3.05, 3.63) is 36.0 Å². The number of esters is 1. The lowest BCUT2D eigenvalue weighted by molar-refractivity contribution is -0.183.